The third-order valence-corrected chi connectivity index (χ3v) is 4.89. The van der Waals surface area contributed by atoms with Gasteiger partial charge in [0.2, 0.25) is 11.8 Å². The Morgan fingerprint density at radius 1 is 1.07 bits per heavy atom. The van der Waals surface area contributed by atoms with E-state index in [1.165, 1.54) is 18.3 Å². The number of rotatable bonds is 8. The summed E-state index contributed by atoms with van der Waals surface area (Å²) >= 11 is 1.27. The highest BCUT2D eigenvalue weighted by Gasteiger charge is 2.13. The number of nitrogens with one attached hydrogen (secondary N) is 2. The van der Waals surface area contributed by atoms with Crippen molar-refractivity contribution in [1.82, 2.24) is 10.3 Å². The van der Waals surface area contributed by atoms with Crippen molar-refractivity contribution in [3.8, 4) is 11.5 Å². The Balaban J connectivity index is 1.51. The summed E-state index contributed by atoms with van der Waals surface area (Å²) in [7, 11) is 0. The lowest BCUT2D eigenvalue weighted by Crippen LogP contribution is -2.18. The molecular weight excluding hydrogens is 390 g/mol. The van der Waals surface area contributed by atoms with Crippen molar-refractivity contribution in [2.45, 2.75) is 33.2 Å². The fourth-order valence-electron chi connectivity index (χ4n) is 2.56. The number of hydrogen-bond acceptors (Lipinski definition) is 6. The van der Waals surface area contributed by atoms with Crippen LogP contribution in [0.2, 0.25) is 0 Å². The molecule has 2 N–H and O–H groups in total. The monoisotopic (exact) mass is 411 g/mol. The van der Waals surface area contributed by atoms with Gasteiger partial charge < -0.3 is 15.1 Å². The van der Waals surface area contributed by atoms with E-state index < -0.39 is 0 Å². The van der Waals surface area contributed by atoms with Gasteiger partial charge in [-0.1, -0.05) is 29.8 Å². The SMILES string of the molecule is CC(=O)NCc1ccc(-c2csc(NC(=O)CCC(=O)c3ccc(C)cc3)n2)o1. The number of carbonyl (C=O) groups is 3. The molecule has 0 bridgehead atoms. The van der Waals surface area contributed by atoms with Gasteiger partial charge in [0.25, 0.3) is 0 Å². The fourth-order valence-corrected chi connectivity index (χ4v) is 3.28. The average molecular weight is 411 g/mol. The number of ketones is 1. The van der Waals surface area contributed by atoms with E-state index in [1.807, 2.05) is 19.1 Å². The van der Waals surface area contributed by atoms with Crippen LogP contribution in [0.4, 0.5) is 5.13 Å². The van der Waals surface area contributed by atoms with Gasteiger partial charge >= 0.3 is 0 Å². The number of aryl methyl sites for hydroxylation is 1. The van der Waals surface area contributed by atoms with Gasteiger partial charge in [0.05, 0.1) is 6.54 Å². The summed E-state index contributed by atoms with van der Waals surface area (Å²) in [5.41, 5.74) is 2.28. The maximum absolute atomic E-state index is 12.2. The zero-order chi connectivity index (χ0) is 20.8. The van der Waals surface area contributed by atoms with Crippen LogP contribution < -0.4 is 10.6 Å². The third-order valence-electron chi connectivity index (χ3n) is 4.13. The highest BCUT2D eigenvalue weighted by atomic mass is 32.1. The summed E-state index contributed by atoms with van der Waals surface area (Å²) in [6.45, 7) is 3.70. The number of anilines is 1. The standard InChI is InChI=1S/C21H21N3O4S/c1-13-3-5-15(6-4-13)18(26)8-10-20(27)24-21-23-17(12-29-21)19-9-7-16(28-19)11-22-14(2)25/h3-7,9,12H,8,10-11H2,1-2H3,(H,22,25)(H,23,24,27). The highest BCUT2D eigenvalue weighted by molar-refractivity contribution is 7.14. The Morgan fingerprint density at radius 2 is 1.83 bits per heavy atom. The van der Waals surface area contributed by atoms with Gasteiger partial charge in [-0.05, 0) is 19.1 Å². The van der Waals surface area contributed by atoms with Crippen LogP contribution in [0.25, 0.3) is 11.5 Å². The second kappa shape index (κ2) is 9.29. The molecule has 0 aliphatic heterocycles. The average Bonchev–Trinajstić information content (AvgIpc) is 3.34. The summed E-state index contributed by atoms with van der Waals surface area (Å²) in [5, 5.41) is 7.58. The van der Waals surface area contributed by atoms with E-state index >= 15 is 0 Å². The molecule has 0 saturated carbocycles. The number of benzene rings is 1. The van der Waals surface area contributed by atoms with E-state index in [-0.39, 0.29) is 30.4 Å². The van der Waals surface area contributed by atoms with E-state index in [9.17, 15) is 14.4 Å². The van der Waals surface area contributed by atoms with Crippen LogP contribution in [-0.2, 0) is 16.1 Å². The summed E-state index contributed by atoms with van der Waals surface area (Å²) in [6.07, 6.45) is 0.223. The Labute approximate surface area is 172 Å². The lowest BCUT2D eigenvalue weighted by molar-refractivity contribution is -0.119. The van der Waals surface area contributed by atoms with Crippen molar-refractivity contribution in [3.63, 3.8) is 0 Å². The first-order valence-electron chi connectivity index (χ1n) is 9.09. The summed E-state index contributed by atoms with van der Waals surface area (Å²) in [6, 6.07) is 10.8. The number of aromatic nitrogens is 1. The van der Waals surface area contributed by atoms with E-state index in [1.54, 1.807) is 29.6 Å². The first-order valence-corrected chi connectivity index (χ1v) is 9.97. The molecule has 0 unspecified atom stereocenters. The smallest absolute Gasteiger partial charge is 0.226 e. The van der Waals surface area contributed by atoms with Crippen LogP contribution in [0.1, 0.15) is 41.4 Å². The number of nitrogens with zero attached hydrogens (tertiary/aromatic N) is 1. The van der Waals surface area contributed by atoms with Crippen molar-refractivity contribution in [3.05, 3.63) is 58.7 Å². The second-order valence-corrected chi connectivity index (χ2v) is 7.41. The number of hydrogen-bond donors (Lipinski definition) is 2. The van der Waals surface area contributed by atoms with Crippen molar-refractivity contribution in [2.24, 2.45) is 0 Å². The van der Waals surface area contributed by atoms with Crippen LogP contribution in [0, 0.1) is 6.92 Å². The molecule has 3 aromatic rings. The Hall–Kier alpha value is -3.26. The molecule has 29 heavy (non-hydrogen) atoms. The van der Waals surface area contributed by atoms with Gasteiger partial charge in [0.15, 0.2) is 16.7 Å². The lowest BCUT2D eigenvalue weighted by Gasteiger charge is -2.02. The molecule has 2 heterocycles. The summed E-state index contributed by atoms with van der Waals surface area (Å²) in [4.78, 5) is 39.6. The largest absolute Gasteiger partial charge is 0.458 e. The molecule has 150 valence electrons. The van der Waals surface area contributed by atoms with Gasteiger partial charge in [0.1, 0.15) is 11.5 Å². The molecule has 2 aromatic heterocycles. The van der Waals surface area contributed by atoms with Crippen molar-refractivity contribution < 1.29 is 18.8 Å². The molecule has 0 aliphatic carbocycles. The molecule has 0 atom stereocenters. The molecule has 0 aliphatic rings. The molecule has 3 rings (SSSR count). The predicted molar refractivity (Wildman–Crippen MR) is 111 cm³/mol. The van der Waals surface area contributed by atoms with Crippen molar-refractivity contribution in [2.75, 3.05) is 5.32 Å². The number of amides is 2. The number of Topliss-reactive ketones (excluding diaryl/α,β-unsaturated/α-hetero) is 1. The van der Waals surface area contributed by atoms with Gasteiger partial charge in [-0.2, -0.15) is 0 Å². The minimum Gasteiger partial charge on any atom is -0.458 e. The first-order chi connectivity index (χ1) is 13.9. The van der Waals surface area contributed by atoms with Crippen LogP contribution in [0.15, 0.2) is 46.2 Å². The van der Waals surface area contributed by atoms with Crippen molar-refractivity contribution in [1.29, 1.82) is 0 Å². The highest BCUT2D eigenvalue weighted by Crippen LogP contribution is 2.26. The van der Waals surface area contributed by atoms with Gasteiger partial charge in [-0.3, -0.25) is 14.4 Å². The molecule has 0 saturated heterocycles. The van der Waals surface area contributed by atoms with Gasteiger partial charge in [0, 0.05) is 30.7 Å². The van der Waals surface area contributed by atoms with E-state index in [0.29, 0.717) is 34.5 Å². The molecule has 0 spiro atoms. The van der Waals surface area contributed by atoms with E-state index in [4.69, 9.17) is 4.42 Å². The van der Waals surface area contributed by atoms with Gasteiger partial charge in [-0.15, -0.1) is 11.3 Å². The Kier molecular flexibility index (Phi) is 6.56. The van der Waals surface area contributed by atoms with E-state index in [0.717, 1.165) is 5.56 Å². The molecule has 8 heteroatoms. The van der Waals surface area contributed by atoms with Crippen LogP contribution in [0.5, 0.6) is 0 Å². The van der Waals surface area contributed by atoms with E-state index in [2.05, 4.69) is 15.6 Å². The fraction of sp³-hybridized carbons (Fsp3) is 0.238. The van der Waals surface area contributed by atoms with Crippen molar-refractivity contribution >= 4 is 34.1 Å². The molecule has 1 aromatic carbocycles. The molecular formula is C21H21N3O4S. The minimum absolute atomic E-state index is 0.0673. The normalized spacial score (nSPS) is 10.6. The van der Waals surface area contributed by atoms with Gasteiger partial charge in [-0.25, -0.2) is 4.98 Å². The lowest BCUT2D eigenvalue weighted by atomic mass is 10.1. The molecule has 7 nitrogen and oxygen atoms in total. The topological polar surface area (TPSA) is 101 Å². The molecule has 0 fully saturated rings. The maximum atomic E-state index is 12.2. The van der Waals surface area contributed by atoms with Crippen LogP contribution in [0.3, 0.4) is 0 Å². The van der Waals surface area contributed by atoms with Crippen LogP contribution in [-0.4, -0.2) is 22.6 Å². The summed E-state index contributed by atoms with van der Waals surface area (Å²) < 4.78 is 5.65. The molecule has 2 amide bonds. The van der Waals surface area contributed by atoms with Crippen LogP contribution >= 0.6 is 11.3 Å². The first kappa shape index (κ1) is 20.5. The number of furan rings is 1. The third kappa shape index (κ3) is 5.86. The maximum Gasteiger partial charge on any atom is 0.226 e. The summed E-state index contributed by atoms with van der Waals surface area (Å²) in [5.74, 6) is 0.696. The quantitative estimate of drug-likeness (QED) is 0.547. The second-order valence-electron chi connectivity index (χ2n) is 6.55. The zero-order valence-corrected chi connectivity index (χ0v) is 17.0. The minimum atomic E-state index is -0.267. The Morgan fingerprint density at radius 3 is 2.55 bits per heavy atom. The predicted octanol–water partition coefficient (Wildman–Crippen LogP) is 3.95. The number of carbonyl (C=O) groups excluding carboxylic acids is 3. The molecule has 0 radical (unpaired) electrons. The number of thiazole rings is 1. The zero-order valence-electron chi connectivity index (χ0n) is 16.2. The Bertz CT molecular complexity index is 1020.